The van der Waals surface area contributed by atoms with Gasteiger partial charge in [-0.2, -0.15) is 0 Å². The number of hydrogen-bond donors (Lipinski definition) is 2. The molecule has 0 aromatic heterocycles. The normalized spacial score (nSPS) is 14.9. The van der Waals surface area contributed by atoms with E-state index in [1.807, 2.05) is 60.7 Å². The molecule has 0 heterocycles. The van der Waals surface area contributed by atoms with Crippen molar-refractivity contribution in [3.63, 3.8) is 0 Å². The zero-order chi connectivity index (χ0) is 24.7. The fourth-order valence-corrected chi connectivity index (χ4v) is 4.88. The lowest BCUT2D eigenvalue weighted by Crippen LogP contribution is -2.59. The minimum absolute atomic E-state index is 0.0702. The fraction of sp³-hybridized carbons (Fsp3) is 0.310. The van der Waals surface area contributed by atoms with Gasteiger partial charge in [-0.15, -0.1) is 0 Å². The van der Waals surface area contributed by atoms with Crippen molar-refractivity contribution < 1.29 is 18.4 Å². The van der Waals surface area contributed by atoms with Crippen LogP contribution in [-0.2, 0) is 16.1 Å². The highest BCUT2D eigenvalue weighted by Crippen LogP contribution is 2.31. The molecule has 182 valence electrons. The molecule has 35 heavy (non-hydrogen) atoms. The summed E-state index contributed by atoms with van der Waals surface area (Å²) in [6, 6.07) is 23.0. The molecule has 0 aliphatic heterocycles. The van der Waals surface area contributed by atoms with Gasteiger partial charge in [0.05, 0.1) is 0 Å². The zero-order valence-electron chi connectivity index (χ0n) is 19.6. The molecule has 0 radical (unpaired) electrons. The highest BCUT2D eigenvalue weighted by Gasteiger charge is 2.41. The molecule has 0 saturated heterocycles. The second-order valence-electron chi connectivity index (χ2n) is 9.19. The van der Waals surface area contributed by atoms with Crippen LogP contribution in [-0.4, -0.2) is 17.4 Å². The summed E-state index contributed by atoms with van der Waals surface area (Å²) in [5, 5.41) is 5.83. The van der Waals surface area contributed by atoms with Crippen molar-refractivity contribution in [1.82, 2.24) is 10.6 Å². The molecule has 4 rings (SSSR count). The molecule has 1 aliphatic carbocycles. The molecule has 0 spiro atoms. The van der Waals surface area contributed by atoms with Gasteiger partial charge in [-0.05, 0) is 30.0 Å². The minimum Gasteiger partial charge on any atom is -0.350 e. The Morgan fingerprint density at radius 3 is 2.00 bits per heavy atom. The number of nitrogens with one attached hydrogen (secondary N) is 2. The number of benzene rings is 3. The van der Waals surface area contributed by atoms with Crippen molar-refractivity contribution >= 4 is 11.8 Å². The minimum atomic E-state index is -1.04. The summed E-state index contributed by atoms with van der Waals surface area (Å²) < 4.78 is 27.3. The van der Waals surface area contributed by atoms with E-state index in [1.165, 1.54) is 6.07 Å². The Labute approximate surface area is 204 Å². The molecule has 1 aliphatic rings. The van der Waals surface area contributed by atoms with Gasteiger partial charge in [0.2, 0.25) is 11.8 Å². The lowest BCUT2D eigenvalue weighted by Gasteiger charge is -2.37. The monoisotopic (exact) mass is 476 g/mol. The third kappa shape index (κ3) is 6.13. The van der Waals surface area contributed by atoms with E-state index in [1.54, 1.807) is 0 Å². The van der Waals surface area contributed by atoms with E-state index in [9.17, 15) is 18.4 Å². The largest absolute Gasteiger partial charge is 0.350 e. The van der Waals surface area contributed by atoms with Crippen LogP contribution in [0.15, 0.2) is 78.9 Å². The van der Waals surface area contributed by atoms with Crippen molar-refractivity contribution in [3.8, 4) is 0 Å². The van der Waals surface area contributed by atoms with Crippen LogP contribution in [0.5, 0.6) is 0 Å². The number of rotatable bonds is 8. The molecule has 3 aromatic carbocycles. The van der Waals surface area contributed by atoms with E-state index in [4.69, 9.17) is 0 Å². The van der Waals surface area contributed by atoms with E-state index in [0.717, 1.165) is 42.5 Å². The van der Waals surface area contributed by atoms with Crippen LogP contribution in [0.2, 0.25) is 0 Å². The van der Waals surface area contributed by atoms with E-state index in [-0.39, 0.29) is 36.3 Å². The van der Waals surface area contributed by atoms with Crippen LogP contribution in [0, 0.1) is 11.6 Å². The van der Waals surface area contributed by atoms with Crippen molar-refractivity contribution in [2.75, 3.05) is 0 Å². The molecular weight excluding hydrogens is 446 g/mol. The molecular formula is C29H30F2N2O2. The molecule has 6 heteroatoms. The standard InChI is InChI=1S/C29H30F2N2O2/c30-24-15-14-23(26(31)18-24)20-32-28(35)29(16-8-3-9-17-29)33-27(34)19-25(21-10-4-1-5-11-21)22-12-6-2-7-13-22/h1-2,4-7,10-15,18,25H,3,8-9,16-17,19-20H2,(H,32,35)(H,33,34). The number of carbonyl (C=O) groups excluding carboxylic acids is 2. The van der Waals surface area contributed by atoms with E-state index < -0.39 is 17.2 Å². The maximum atomic E-state index is 14.1. The smallest absolute Gasteiger partial charge is 0.246 e. The predicted octanol–water partition coefficient (Wildman–Crippen LogP) is 5.62. The molecule has 3 aromatic rings. The van der Waals surface area contributed by atoms with Gasteiger partial charge in [0, 0.05) is 30.5 Å². The molecule has 0 atom stereocenters. The van der Waals surface area contributed by atoms with Crippen molar-refractivity contribution in [3.05, 3.63) is 107 Å². The highest BCUT2D eigenvalue weighted by atomic mass is 19.1. The Balaban J connectivity index is 1.50. The maximum absolute atomic E-state index is 14.1. The lowest BCUT2D eigenvalue weighted by molar-refractivity contribution is -0.135. The molecule has 0 bridgehead atoms. The van der Waals surface area contributed by atoms with Crippen LogP contribution in [0.3, 0.4) is 0 Å². The zero-order valence-corrected chi connectivity index (χ0v) is 19.6. The van der Waals surface area contributed by atoms with E-state index in [2.05, 4.69) is 10.6 Å². The summed E-state index contributed by atoms with van der Waals surface area (Å²) in [4.78, 5) is 26.7. The molecule has 2 amide bonds. The molecule has 1 fully saturated rings. The SMILES string of the molecule is O=C(CC(c1ccccc1)c1ccccc1)NC1(C(=O)NCc2ccc(F)cc2F)CCCCC1. The first kappa shape index (κ1) is 24.6. The van der Waals surface area contributed by atoms with Gasteiger partial charge in [0.25, 0.3) is 0 Å². The highest BCUT2D eigenvalue weighted by molar-refractivity contribution is 5.92. The third-order valence-corrected chi connectivity index (χ3v) is 6.77. The molecule has 4 nitrogen and oxygen atoms in total. The number of amides is 2. The Morgan fingerprint density at radius 1 is 0.829 bits per heavy atom. The van der Waals surface area contributed by atoms with Gasteiger partial charge in [-0.3, -0.25) is 9.59 Å². The fourth-order valence-electron chi connectivity index (χ4n) is 4.88. The first-order valence-electron chi connectivity index (χ1n) is 12.1. The van der Waals surface area contributed by atoms with Crippen LogP contribution >= 0.6 is 0 Å². The van der Waals surface area contributed by atoms with Gasteiger partial charge in [-0.1, -0.05) is 86.0 Å². The number of hydrogen-bond acceptors (Lipinski definition) is 2. The van der Waals surface area contributed by atoms with Gasteiger partial charge in [0.1, 0.15) is 17.2 Å². The van der Waals surface area contributed by atoms with Gasteiger partial charge in [0.15, 0.2) is 0 Å². The van der Waals surface area contributed by atoms with Crippen molar-refractivity contribution in [2.45, 2.75) is 56.5 Å². The summed E-state index contributed by atoms with van der Waals surface area (Å²) in [6.45, 7) is -0.0702. The predicted molar refractivity (Wildman–Crippen MR) is 132 cm³/mol. The second kappa shape index (κ2) is 11.3. The second-order valence-corrected chi connectivity index (χ2v) is 9.19. The quantitative estimate of drug-likeness (QED) is 0.443. The Bertz CT molecular complexity index is 1110. The van der Waals surface area contributed by atoms with Crippen LogP contribution in [0.1, 0.15) is 61.1 Å². The Kier molecular flexibility index (Phi) is 7.91. The van der Waals surface area contributed by atoms with Gasteiger partial charge >= 0.3 is 0 Å². The Hall–Kier alpha value is -3.54. The summed E-state index contributed by atoms with van der Waals surface area (Å²) in [6.07, 6.45) is 3.89. The van der Waals surface area contributed by atoms with Gasteiger partial charge < -0.3 is 10.6 Å². The van der Waals surface area contributed by atoms with Crippen LogP contribution in [0.4, 0.5) is 8.78 Å². The summed E-state index contributed by atoms with van der Waals surface area (Å²) in [7, 11) is 0. The van der Waals surface area contributed by atoms with E-state index >= 15 is 0 Å². The van der Waals surface area contributed by atoms with Crippen molar-refractivity contribution in [1.29, 1.82) is 0 Å². The first-order valence-corrected chi connectivity index (χ1v) is 12.1. The summed E-state index contributed by atoms with van der Waals surface area (Å²) in [5.74, 6) is -2.05. The topological polar surface area (TPSA) is 58.2 Å². The maximum Gasteiger partial charge on any atom is 0.246 e. The number of halogens is 2. The molecule has 1 saturated carbocycles. The number of carbonyl (C=O) groups is 2. The summed E-state index contributed by atoms with van der Waals surface area (Å²) in [5.41, 5.74) is 1.22. The first-order chi connectivity index (χ1) is 17.0. The summed E-state index contributed by atoms with van der Waals surface area (Å²) >= 11 is 0. The average Bonchev–Trinajstić information content (AvgIpc) is 2.88. The average molecular weight is 477 g/mol. The Morgan fingerprint density at radius 2 is 1.43 bits per heavy atom. The molecule has 2 N–H and O–H groups in total. The van der Waals surface area contributed by atoms with Crippen molar-refractivity contribution in [2.24, 2.45) is 0 Å². The van der Waals surface area contributed by atoms with Crippen LogP contribution < -0.4 is 10.6 Å². The lowest BCUT2D eigenvalue weighted by atomic mass is 9.80. The third-order valence-electron chi connectivity index (χ3n) is 6.77. The molecule has 0 unspecified atom stereocenters. The van der Waals surface area contributed by atoms with Crippen LogP contribution in [0.25, 0.3) is 0 Å². The van der Waals surface area contributed by atoms with E-state index in [0.29, 0.717) is 12.8 Å². The van der Waals surface area contributed by atoms with Gasteiger partial charge in [-0.25, -0.2) is 8.78 Å².